The molecule has 1 heterocycles. The predicted octanol–water partition coefficient (Wildman–Crippen LogP) is 4.22. The highest BCUT2D eigenvalue weighted by atomic mass is 15.3. The molecule has 0 bridgehead atoms. The van der Waals surface area contributed by atoms with E-state index in [9.17, 15) is 0 Å². The number of hydrogen-bond donors (Lipinski definition) is 0. The highest BCUT2D eigenvalue weighted by Gasteiger charge is 2.09. The Morgan fingerprint density at radius 1 is 1.18 bits per heavy atom. The minimum Gasteiger partial charge on any atom is -0.269 e. The summed E-state index contributed by atoms with van der Waals surface area (Å²) in [5.74, 6) is 0. The summed E-state index contributed by atoms with van der Waals surface area (Å²) < 4.78 is 2.10. The van der Waals surface area contributed by atoms with Gasteiger partial charge in [-0.25, -0.2) is 0 Å². The molecule has 2 heteroatoms. The van der Waals surface area contributed by atoms with Crippen molar-refractivity contribution >= 4 is 0 Å². The van der Waals surface area contributed by atoms with Crippen LogP contribution in [-0.2, 0) is 0 Å². The first-order valence-electron chi connectivity index (χ1n) is 6.36. The van der Waals surface area contributed by atoms with Gasteiger partial charge in [0.05, 0.1) is 12.2 Å². The SMILES string of the molecule is CCC(CC)n1cc(-c2ccccc2C)cn1. The van der Waals surface area contributed by atoms with Crippen LogP contribution in [0.5, 0.6) is 0 Å². The van der Waals surface area contributed by atoms with Gasteiger partial charge in [-0.1, -0.05) is 38.1 Å². The second-order valence-electron chi connectivity index (χ2n) is 4.49. The van der Waals surface area contributed by atoms with E-state index < -0.39 is 0 Å². The number of hydrogen-bond acceptors (Lipinski definition) is 1. The smallest absolute Gasteiger partial charge is 0.0568 e. The maximum Gasteiger partial charge on any atom is 0.0568 e. The van der Waals surface area contributed by atoms with E-state index in [-0.39, 0.29) is 0 Å². The third-order valence-electron chi connectivity index (χ3n) is 3.37. The van der Waals surface area contributed by atoms with Crippen LogP contribution in [0.2, 0.25) is 0 Å². The van der Waals surface area contributed by atoms with Crippen LogP contribution in [-0.4, -0.2) is 9.78 Å². The molecule has 0 radical (unpaired) electrons. The zero-order valence-corrected chi connectivity index (χ0v) is 10.9. The average Bonchev–Trinajstić information content (AvgIpc) is 2.81. The molecule has 0 unspecified atom stereocenters. The molecule has 0 saturated carbocycles. The van der Waals surface area contributed by atoms with Crippen LogP contribution in [0, 0.1) is 6.92 Å². The molecule has 0 spiro atoms. The summed E-state index contributed by atoms with van der Waals surface area (Å²) in [6.45, 7) is 6.57. The average molecular weight is 228 g/mol. The zero-order chi connectivity index (χ0) is 12.3. The molecule has 1 aromatic heterocycles. The fourth-order valence-corrected chi connectivity index (χ4v) is 2.24. The van der Waals surface area contributed by atoms with Crippen LogP contribution in [0.1, 0.15) is 38.3 Å². The van der Waals surface area contributed by atoms with Gasteiger partial charge in [0.2, 0.25) is 0 Å². The lowest BCUT2D eigenvalue weighted by Gasteiger charge is -2.12. The first-order chi connectivity index (χ1) is 8.26. The van der Waals surface area contributed by atoms with Crippen molar-refractivity contribution in [2.24, 2.45) is 0 Å². The Labute approximate surface area is 103 Å². The summed E-state index contributed by atoms with van der Waals surface area (Å²) >= 11 is 0. The molecule has 0 saturated heterocycles. The van der Waals surface area contributed by atoms with Crippen LogP contribution in [0.4, 0.5) is 0 Å². The second kappa shape index (κ2) is 5.17. The van der Waals surface area contributed by atoms with Crippen LogP contribution < -0.4 is 0 Å². The van der Waals surface area contributed by atoms with Gasteiger partial charge in [0, 0.05) is 11.8 Å². The molecule has 2 aromatic rings. The van der Waals surface area contributed by atoms with Crippen LogP contribution >= 0.6 is 0 Å². The monoisotopic (exact) mass is 228 g/mol. The highest BCUT2D eigenvalue weighted by molar-refractivity contribution is 5.65. The van der Waals surface area contributed by atoms with Crippen molar-refractivity contribution in [3.05, 3.63) is 42.2 Å². The van der Waals surface area contributed by atoms with Gasteiger partial charge in [0.25, 0.3) is 0 Å². The van der Waals surface area contributed by atoms with Crippen LogP contribution in [0.25, 0.3) is 11.1 Å². The summed E-state index contributed by atoms with van der Waals surface area (Å²) in [5, 5.41) is 4.49. The van der Waals surface area contributed by atoms with Crippen molar-refractivity contribution in [3.63, 3.8) is 0 Å². The van der Waals surface area contributed by atoms with Gasteiger partial charge in [-0.3, -0.25) is 4.68 Å². The van der Waals surface area contributed by atoms with Crippen LogP contribution in [0.3, 0.4) is 0 Å². The van der Waals surface area contributed by atoms with Crippen molar-refractivity contribution in [2.45, 2.75) is 39.7 Å². The zero-order valence-electron chi connectivity index (χ0n) is 10.9. The lowest BCUT2D eigenvalue weighted by atomic mass is 10.0. The van der Waals surface area contributed by atoms with Crippen LogP contribution in [0.15, 0.2) is 36.7 Å². The molecule has 1 aromatic carbocycles. The number of benzene rings is 1. The van der Waals surface area contributed by atoms with Gasteiger partial charge in [-0.2, -0.15) is 5.10 Å². The predicted molar refractivity (Wildman–Crippen MR) is 72.0 cm³/mol. The Bertz CT molecular complexity index is 481. The molecule has 0 N–H and O–H groups in total. The van der Waals surface area contributed by atoms with E-state index in [4.69, 9.17) is 0 Å². The normalized spacial score (nSPS) is 11.1. The summed E-state index contributed by atoms with van der Waals surface area (Å²) in [5.41, 5.74) is 3.80. The van der Waals surface area contributed by atoms with E-state index in [1.54, 1.807) is 0 Å². The van der Waals surface area contributed by atoms with Gasteiger partial charge in [0.15, 0.2) is 0 Å². The molecular formula is C15H20N2. The summed E-state index contributed by atoms with van der Waals surface area (Å²) in [6.07, 6.45) is 6.40. The first-order valence-corrected chi connectivity index (χ1v) is 6.36. The topological polar surface area (TPSA) is 17.8 Å². The molecule has 17 heavy (non-hydrogen) atoms. The second-order valence-corrected chi connectivity index (χ2v) is 4.49. The molecule has 0 amide bonds. The fraction of sp³-hybridized carbons (Fsp3) is 0.400. The van der Waals surface area contributed by atoms with Gasteiger partial charge in [0.1, 0.15) is 0 Å². The molecule has 0 aliphatic heterocycles. The number of nitrogens with zero attached hydrogens (tertiary/aromatic N) is 2. The molecule has 0 fully saturated rings. The Morgan fingerprint density at radius 3 is 2.53 bits per heavy atom. The fourth-order valence-electron chi connectivity index (χ4n) is 2.24. The molecule has 0 atom stereocenters. The number of aromatic nitrogens is 2. The Balaban J connectivity index is 2.33. The standard InChI is InChI=1S/C15H20N2/c1-4-14(5-2)17-11-13(10-16-17)15-9-7-6-8-12(15)3/h6-11,14H,4-5H2,1-3H3. The Morgan fingerprint density at radius 2 is 1.88 bits per heavy atom. The highest BCUT2D eigenvalue weighted by Crippen LogP contribution is 2.24. The molecule has 2 rings (SSSR count). The van der Waals surface area contributed by atoms with Crippen molar-refractivity contribution in [1.82, 2.24) is 9.78 Å². The maximum absolute atomic E-state index is 4.49. The van der Waals surface area contributed by atoms with E-state index in [1.165, 1.54) is 16.7 Å². The largest absolute Gasteiger partial charge is 0.269 e. The molecule has 0 aliphatic carbocycles. The quantitative estimate of drug-likeness (QED) is 0.766. The van der Waals surface area contributed by atoms with Crippen molar-refractivity contribution < 1.29 is 0 Å². The Kier molecular flexibility index (Phi) is 3.62. The van der Waals surface area contributed by atoms with E-state index in [0.717, 1.165) is 12.8 Å². The van der Waals surface area contributed by atoms with E-state index in [0.29, 0.717) is 6.04 Å². The first kappa shape index (κ1) is 11.9. The van der Waals surface area contributed by atoms with Crippen molar-refractivity contribution in [3.8, 4) is 11.1 Å². The van der Waals surface area contributed by atoms with E-state index >= 15 is 0 Å². The summed E-state index contributed by atoms with van der Waals surface area (Å²) in [7, 11) is 0. The number of rotatable bonds is 4. The Hall–Kier alpha value is -1.57. The molecule has 2 nitrogen and oxygen atoms in total. The lowest BCUT2D eigenvalue weighted by Crippen LogP contribution is -2.06. The summed E-state index contributed by atoms with van der Waals surface area (Å²) in [4.78, 5) is 0. The minimum atomic E-state index is 0.521. The van der Waals surface area contributed by atoms with E-state index in [2.05, 4.69) is 61.0 Å². The number of aryl methyl sites for hydroxylation is 1. The lowest BCUT2D eigenvalue weighted by molar-refractivity contribution is 0.428. The van der Waals surface area contributed by atoms with Crippen molar-refractivity contribution in [1.29, 1.82) is 0 Å². The molecular weight excluding hydrogens is 208 g/mol. The molecule has 90 valence electrons. The van der Waals surface area contributed by atoms with Gasteiger partial charge in [-0.15, -0.1) is 0 Å². The van der Waals surface area contributed by atoms with E-state index in [1.807, 2.05) is 6.20 Å². The third-order valence-corrected chi connectivity index (χ3v) is 3.37. The third kappa shape index (κ3) is 2.41. The van der Waals surface area contributed by atoms with Gasteiger partial charge < -0.3 is 0 Å². The van der Waals surface area contributed by atoms with Gasteiger partial charge in [-0.05, 0) is 30.9 Å². The minimum absolute atomic E-state index is 0.521. The summed E-state index contributed by atoms with van der Waals surface area (Å²) in [6, 6.07) is 8.97. The van der Waals surface area contributed by atoms with Crippen molar-refractivity contribution in [2.75, 3.05) is 0 Å². The molecule has 0 aliphatic rings. The van der Waals surface area contributed by atoms with Gasteiger partial charge >= 0.3 is 0 Å². The maximum atomic E-state index is 4.49.